The van der Waals surface area contributed by atoms with E-state index in [4.69, 9.17) is 18.9 Å². The molecular formula is C26H20Br2N2O5. The molecule has 7 nitrogen and oxygen atoms in total. The van der Waals surface area contributed by atoms with E-state index in [2.05, 4.69) is 37.2 Å². The van der Waals surface area contributed by atoms with Gasteiger partial charge in [0.1, 0.15) is 29.7 Å². The Morgan fingerprint density at radius 2 is 1.77 bits per heavy atom. The standard InChI is InChI=1S/C26H20Br2N2O5/c1-2-32-20-6-4-19(5-7-20)30-26(31)18(13-29)9-17-10-21(27)25(22(28)11-17)33-14-16-3-8-23-24(12-16)35-15-34-23/h3-12H,2,14-15H2,1H3,(H,30,31)/b18-9-. The maximum atomic E-state index is 12.6. The first-order chi connectivity index (χ1) is 17.0. The number of carbonyl (C=O) groups is 1. The van der Waals surface area contributed by atoms with Crippen molar-refractivity contribution in [3.8, 4) is 29.1 Å². The first kappa shape index (κ1) is 24.6. The summed E-state index contributed by atoms with van der Waals surface area (Å²) in [5, 5.41) is 12.3. The van der Waals surface area contributed by atoms with E-state index in [1.54, 1.807) is 36.4 Å². The normalized spacial score (nSPS) is 12.1. The summed E-state index contributed by atoms with van der Waals surface area (Å²) in [5.74, 6) is 2.20. The molecule has 4 rings (SSSR count). The highest BCUT2D eigenvalue weighted by Crippen LogP contribution is 2.37. The van der Waals surface area contributed by atoms with Crippen LogP contribution in [-0.2, 0) is 11.4 Å². The van der Waals surface area contributed by atoms with E-state index in [1.165, 1.54) is 6.08 Å². The Labute approximate surface area is 219 Å². The molecule has 0 spiro atoms. The molecule has 0 aliphatic carbocycles. The van der Waals surface area contributed by atoms with Gasteiger partial charge >= 0.3 is 0 Å². The highest BCUT2D eigenvalue weighted by Gasteiger charge is 2.15. The zero-order valence-corrected chi connectivity index (χ0v) is 21.8. The second-order valence-corrected chi connectivity index (χ2v) is 9.08. The number of hydrogen-bond donors (Lipinski definition) is 1. The number of anilines is 1. The largest absolute Gasteiger partial charge is 0.494 e. The monoisotopic (exact) mass is 598 g/mol. The van der Waals surface area contributed by atoms with Gasteiger partial charge in [0.2, 0.25) is 6.79 Å². The van der Waals surface area contributed by atoms with E-state index in [0.717, 1.165) is 5.56 Å². The summed E-state index contributed by atoms with van der Waals surface area (Å²) in [6, 6.07) is 18.1. The molecule has 0 saturated heterocycles. The van der Waals surface area contributed by atoms with Crippen molar-refractivity contribution in [1.29, 1.82) is 5.26 Å². The smallest absolute Gasteiger partial charge is 0.266 e. The fraction of sp³-hybridized carbons (Fsp3) is 0.154. The van der Waals surface area contributed by atoms with Crippen LogP contribution in [0.3, 0.4) is 0 Å². The van der Waals surface area contributed by atoms with Gasteiger partial charge in [0.25, 0.3) is 5.91 Å². The number of amides is 1. The molecule has 0 aromatic heterocycles. The van der Waals surface area contributed by atoms with E-state index >= 15 is 0 Å². The molecule has 1 heterocycles. The molecule has 1 aliphatic rings. The fourth-order valence-corrected chi connectivity index (χ4v) is 4.75. The number of rotatable bonds is 8. The van der Waals surface area contributed by atoms with Crippen LogP contribution in [0.15, 0.2) is 69.1 Å². The first-order valence-electron chi connectivity index (χ1n) is 10.6. The number of nitrogens with zero attached hydrogens (tertiary/aromatic N) is 1. The van der Waals surface area contributed by atoms with E-state index in [9.17, 15) is 10.1 Å². The third-order valence-corrected chi connectivity index (χ3v) is 6.12. The molecule has 0 radical (unpaired) electrons. The van der Waals surface area contributed by atoms with E-state index < -0.39 is 5.91 Å². The predicted molar refractivity (Wildman–Crippen MR) is 139 cm³/mol. The van der Waals surface area contributed by atoms with Crippen molar-refractivity contribution in [1.82, 2.24) is 0 Å². The Morgan fingerprint density at radius 3 is 2.46 bits per heavy atom. The van der Waals surface area contributed by atoms with Crippen LogP contribution < -0.4 is 24.3 Å². The minimum Gasteiger partial charge on any atom is -0.494 e. The third kappa shape index (κ3) is 6.15. The number of fused-ring (bicyclic) bond motifs is 1. The second kappa shape index (κ2) is 11.3. The van der Waals surface area contributed by atoms with Crippen molar-refractivity contribution in [2.75, 3.05) is 18.7 Å². The van der Waals surface area contributed by atoms with Gasteiger partial charge in [-0.2, -0.15) is 5.26 Å². The summed E-state index contributed by atoms with van der Waals surface area (Å²) >= 11 is 7.04. The molecule has 0 saturated carbocycles. The topological polar surface area (TPSA) is 89.8 Å². The number of ether oxygens (including phenoxy) is 4. The molecule has 1 amide bonds. The maximum Gasteiger partial charge on any atom is 0.266 e. The minimum absolute atomic E-state index is 0.0355. The SMILES string of the molecule is CCOc1ccc(NC(=O)/C(C#N)=C\c2cc(Br)c(OCc3ccc4c(c3)OCO4)c(Br)c2)cc1. The third-order valence-electron chi connectivity index (χ3n) is 4.94. The maximum absolute atomic E-state index is 12.6. The van der Waals surface area contributed by atoms with Crippen molar-refractivity contribution >= 4 is 49.5 Å². The zero-order chi connectivity index (χ0) is 24.8. The predicted octanol–water partition coefficient (Wildman–Crippen LogP) is 6.46. The fourth-order valence-electron chi connectivity index (χ4n) is 3.30. The van der Waals surface area contributed by atoms with E-state index in [-0.39, 0.29) is 12.4 Å². The van der Waals surface area contributed by atoms with Crippen molar-refractivity contribution in [2.45, 2.75) is 13.5 Å². The Balaban J connectivity index is 1.45. The number of hydrogen-bond acceptors (Lipinski definition) is 6. The lowest BCUT2D eigenvalue weighted by Gasteiger charge is -2.12. The minimum atomic E-state index is -0.507. The van der Waals surface area contributed by atoms with Crippen LogP contribution in [0.2, 0.25) is 0 Å². The molecule has 1 N–H and O–H groups in total. The van der Waals surface area contributed by atoms with Gasteiger partial charge in [-0.1, -0.05) is 6.07 Å². The van der Waals surface area contributed by atoms with Crippen LogP contribution in [0.4, 0.5) is 5.69 Å². The van der Waals surface area contributed by atoms with Crippen molar-refractivity contribution < 1.29 is 23.7 Å². The summed E-state index contributed by atoms with van der Waals surface area (Å²) in [5.41, 5.74) is 2.10. The van der Waals surface area contributed by atoms with Gasteiger partial charge in [0, 0.05) is 5.69 Å². The van der Waals surface area contributed by atoms with Crippen LogP contribution in [0.5, 0.6) is 23.0 Å². The summed E-state index contributed by atoms with van der Waals surface area (Å²) in [7, 11) is 0. The lowest BCUT2D eigenvalue weighted by molar-refractivity contribution is -0.112. The van der Waals surface area contributed by atoms with Gasteiger partial charge in [-0.05, 0) is 105 Å². The van der Waals surface area contributed by atoms with Crippen molar-refractivity contribution in [3.63, 3.8) is 0 Å². The number of benzene rings is 3. The average molecular weight is 600 g/mol. The highest BCUT2D eigenvalue weighted by molar-refractivity contribution is 9.11. The van der Waals surface area contributed by atoms with Gasteiger partial charge in [-0.3, -0.25) is 4.79 Å². The van der Waals surface area contributed by atoms with E-state index in [1.807, 2.05) is 31.2 Å². The van der Waals surface area contributed by atoms with Crippen LogP contribution in [-0.4, -0.2) is 19.3 Å². The number of nitrogens with one attached hydrogen (secondary N) is 1. The van der Waals surface area contributed by atoms with Crippen molar-refractivity contribution in [3.05, 3.63) is 80.2 Å². The average Bonchev–Trinajstić information content (AvgIpc) is 3.31. The Hall–Kier alpha value is -3.48. The molecule has 3 aromatic carbocycles. The highest BCUT2D eigenvalue weighted by atomic mass is 79.9. The Bertz CT molecular complexity index is 1290. The number of nitriles is 1. The van der Waals surface area contributed by atoms with E-state index in [0.29, 0.717) is 56.4 Å². The molecule has 178 valence electrons. The molecule has 35 heavy (non-hydrogen) atoms. The molecule has 0 atom stereocenters. The van der Waals surface area contributed by atoms with Crippen molar-refractivity contribution in [2.24, 2.45) is 0 Å². The Kier molecular flexibility index (Phi) is 7.95. The van der Waals surface area contributed by atoms with Gasteiger partial charge in [0.05, 0.1) is 15.6 Å². The number of carbonyl (C=O) groups excluding carboxylic acids is 1. The molecule has 0 bridgehead atoms. The van der Waals surface area contributed by atoms with Gasteiger partial charge < -0.3 is 24.3 Å². The first-order valence-corrected chi connectivity index (χ1v) is 12.2. The molecule has 3 aromatic rings. The van der Waals surface area contributed by atoms with Crippen LogP contribution >= 0.6 is 31.9 Å². The summed E-state index contributed by atoms with van der Waals surface area (Å²) in [4.78, 5) is 12.6. The van der Waals surface area contributed by atoms with Crippen LogP contribution in [0.1, 0.15) is 18.1 Å². The zero-order valence-electron chi connectivity index (χ0n) is 18.6. The van der Waals surface area contributed by atoms with Crippen LogP contribution in [0.25, 0.3) is 6.08 Å². The number of halogens is 2. The lowest BCUT2D eigenvalue weighted by atomic mass is 10.1. The molecule has 0 unspecified atom stereocenters. The van der Waals surface area contributed by atoms with Crippen LogP contribution in [0, 0.1) is 11.3 Å². The summed E-state index contributed by atoms with van der Waals surface area (Å²) in [6.07, 6.45) is 1.51. The second-order valence-electron chi connectivity index (χ2n) is 7.37. The molecule has 1 aliphatic heterocycles. The summed E-state index contributed by atoms with van der Waals surface area (Å²) < 4.78 is 23.5. The summed E-state index contributed by atoms with van der Waals surface area (Å²) in [6.45, 7) is 2.99. The Morgan fingerprint density at radius 1 is 1.06 bits per heavy atom. The lowest BCUT2D eigenvalue weighted by Crippen LogP contribution is -2.13. The molecule has 9 heteroatoms. The quantitative estimate of drug-likeness (QED) is 0.236. The molecular weight excluding hydrogens is 580 g/mol. The van der Waals surface area contributed by atoms with Gasteiger partial charge in [-0.25, -0.2) is 0 Å². The molecule has 0 fully saturated rings. The van der Waals surface area contributed by atoms with Gasteiger partial charge in [0.15, 0.2) is 11.5 Å². The van der Waals surface area contributed by atoms with Gasteiger partial charge in [-0.15, -0.1) is 0 Å².